The van der Waals surface area contributed by atoms with Crippen LogP contribution in [0, 0.1) is 5.82 Å². The lowest BCUT2D eigenvalue weighted by Gasteiger charge is -2.13. The van der Waals surface area contributed by atoms with Gasteiger partial charge in [0.25, 0.3) is 5.56 Å². The zero-order valence-electron chi connectivity index (χ0n) is 13.0. The summed E-state index contributed by atoms with van der Waals surface area (Å²) in [6, 6.07) is 6.67. The number of nitrogens with one attached hydrogen (secondary N) is 1. The Kier molecular flexibility index (Phi) is 2.96. The average molecular weight is 353 g/mol. The molecular formula is C18H12FN3O2S. The third-order valence-corrected chi connectivity index (χ3v) is 5.50. The standard InChI is InChI=1S/C18H12FN3O2S/c19-13-7-12-14(8-11(13)9-3-5-20-6-4-9)22(10-1-2-10)18-15(16(12)23)17(24)21-25-18/h3-8,10H,1-2H2,(H,21,24). The molecule has 0 aliphatic heterocycles. The van der Waals surface area contributed by atoms with Crippen LogP contribution in [0.5, 0.6) is 0 Å². The van der Waals surface area contributed by atoms with Crippen LogP contribution in [-0.2, 0) is 0 Å². The van der Waals surface area contributed by atoms with Crippen molar-refractivity contribution in [3.63, 3.8) is 0 Å². The molecule has 1 saturated carbocycles. The molecule has 0 saturated heterocycles. The number of hydrogen-bond donors (Lipinski definition) is 1. The van der Waals surface area contributed by atoms with Crippen molar-refractivity contribution in [3.05, 3.63) is 63.1 Å². The van der Waals surface area contributed by atoms with Crippen LogP contribution in [0.3, 0.4) is 0 Å². The molecule has 4 aromatic rings. The first-order chi connectivity index (χ1) is 12.1. The highest BCUT2D eigenvalue weighted by Gasteiger charge is 2.29. The second-order valence-electron chi connectivity index (χ2n) is 6.23. The molecule has 5 rings (SSSR count). The molecule has 7 heteroatoms. The van der Waals surface area contributed by atoms with Crippen molar-refractivity contribution < 1.29 is 4.39 Å². The van der Waals surface area contributed by atoms with Gasteiger partial charge in [0.15, 0.2) is 0 Å². The van der Waals surface area contributed by atoms with E-state index in [9.17, 15) is 14.0 Å². The molecule has 124 valence electrons. The molecule has 0 bridgehead atoms. The van der Waals surface area contributed by atoms with Crippen molar-refractivity contribution in [1.82, 2.24) is 13.9 Å². The Morgan fingerprint density at radius 1 is 1.20 bits per heavy atom. The summed E-state index contributed by atoms with van der Waals surface area (Å²) >= 11 is 1.17. The van der Waals surface area contributed by atoms with E-state index in [0.29, 0.717) is 21.5 Å². The van der Waals surface area contributed by atoms with E-state index in [1.54, 1.807) is 30.6 Å². The van der Waals surface area contributed by atoms with Gasteiger partial charge in [0.05, 0.1) is 5.52 Å². The number of hydrogen-bond acceptors (Lipinski definition) is 4. The Bertz CT molecular complexity index is 1250. The van der Waals surface area contributed by atoms with Crippen LogP contribution < -0.4 is 11.0 Å². The molecule has 0 atom stereocenters. The summed E-state index contributed by atoms with van der Waals surface area (Å²) in [5.41, 5.74) is 0.977. The highest BCUT2D eigenvalue weighted by molar-refractivity contribution is 7.12. The van der Waals surface area contributed by atoms with Gasteiger partial charge >= 0.3 is 0 Å². The van der Waals surface area contributed by atoms with Crippen molar-refractivity contribution in [2.75, 3.05) is 0 Å². The van der Waals surface area contributed by atoms with Gasteiger partial charge in [0.1, 0.15) is 16.0 Å². The van der Waals surface area contributed by atoms with Crippen molar-refractivity contribution in [2.24, 2.45) is 0 Å². The van der Waals surface area contributed by atoms with Gasteiger partial charge in [-0.3, -0.25) is 18.9 Å². The van der Waals surface area contributed by atoms with Crippen molar-refractivity contribution in [3.8, 4) is 11.1 Å². The van der Waals surface area contributed by atoms with Crippen molar-refractivity contribution in [2.45, 2.75) is 18.9 Å². The summed E-state index contributed by atoms with van der Waals surface area (Å²) in [6.07, 6.45) is 5.18. The number of aromatic nitrogens is 3. The first-order valence-electron chi connectivity index (χ1n) is 7.94. The summed E-state index contributed by atoms with van der Waals surface area (Å²) in [7, 11) is 0. The van der Waals surface area contributed by atoms with Gasteiger partial charge in [-0.2, -0.15) is 0 Å². The highest BCUT2D eigenvalue weighted by atomic mass is 32.1. The third kappa shape index (κ3) is 2.09. The lowest BCUT2D eigenvalue weighted by molar-refractivity contribution is 0.632. The summed E-state index contributed by atoms with van der Waals surface area (Å²) in [4.78, 5) is 29.4. The number of rotatable bonds is 2. The zero-order valence-corrected chi connectivity index (χ0v) is 13.8. The average Bonchev–Trinajstić information content (AvgIpc) is 3.38. The molecule has 1 N–H and O–H groups in total. The molecule has 3 heterocycles. The predicted molar refractivity (Wildman–Crippen MR) is 95.7 cm³/mol. The molecule has 0 amide bonds. The number of fused-ring (bicyclic) bond motifs is 2. The van der Waals surface area contributed by atoms with Gasteiger partial charge in [-0.1, -0.05) is 0 Å². The predicted octanol–water partition coefficient (Wildman–Crippen LogP) is 3.44. The van der Waals surface area contributed by atoms with Crippen LogP contribution in [0.15, 0.2) is 46.2 Å². The van der Waals surface area contributed by atoms with E-state index in [4.69, 9.17) is 0 Å². The van der Waals surface area contributed by atoms with Crippen LogP contribution in [-0.4, -0.2) is 13.9 Å². The van der Waals surface area contributed by atoms with Gasteiger partial charge in [-0.15, -0.1) is 0 Å². The molecule has 1 aliphatic rings. The van der Waals surface area contributed by atoms with Gasteiger partial charge < -0.3 is 4.57 Å². The number of halogens is 1. The summed E-state index contributed by atoms with van der Waals surface area (Å²) < 4.78 is 19.4. The SMILES string of the molecule is O=c1[nH]sc2c1c(=O)c1cc(F)c(-c3ccncc3)cc1n2C1CC1. The van der Waals surface area contributed by atoms with E-state index in [-0.39, 0.29) is 16.8 Å². The molecule has 0 radical (unpaired) electrons. The molecular weight excluding hydrogens is 341 g/mol. The Labute approximate surface area is 144 Å². The summed E-state index contributed by atoms with van der Waals surface area (Å²) in [5, 5.41) is 0.374. The number of pyridine rings is 2. The molecule has 3 aromatic heterocycles. The number of nitrogens with zero attached hydrogens (tertiary/aromatic N) is 2. The second kappa shape index (κ2) is 5.10. The van der Waals surface area contributed by atoms with Gasteiger partial charge in [0, 0.05) is 29.4 Å². The fourth-order valence-corrected chi connectivity index (χ4v) is 4.22. The normalized spacial score (nSPS) is 14.4. The maximum absolute atomic E-state index is 14.7. The van der Waals surface area contributed by atoms with Gasteiger partial charge in [-0.05, 0) is 54.2 Å². The molecule has 1 aromatic carbocycles. The first-order valence-corrected chi connectivity index (χ1v) is 8.76. The van der Waals surface area contributed by atoms with Gasteiger partial charge in [-0.25, -0.2) is 4.39 Å². The minimum Gasteiger partial charge on any atom is -0.328 e. The summed E-state index contributed by atoms with van der Waals surface area (Å²) in [6.45, 7) is 0. The van der Waals surface area contributed by atoms with E-state index in [1.165, 1.54) is 17.6 Å². The quantitative estimate of drug-likeness (QED) is 0.600. The van der Waals surface area contributed by atoms with Crippen LogP contribution in [0.1, 0.15) is 18.9 Å². The zero-order chi connectivity index (χ0) is 17.1. The minimum absolute atomic E-state index is 0.125. The van der Waals surface area contributed by atoms with Crippen LogP contribution >= 0.6 is 11.5 Å². The van der Waals surface area contributed by atoms with E-state index in [2.05, 4.69) is 9.36 Å². The fraction of sp³-hybridized carbons (Fsp3) is 0.167. The maximum Gasteiger partial charge on any atom is 0.271 e. The number of H-pyrrole nitrogens is 1. The second-order valence-corrected chi connectivity index (χ2v) is 7.02. The smallest absolute Gasteiger partial charge is 0.271 e. The van der Waals surface area contributed by atoms with Crippen LogP contribution in [0.2, 0.25) is 0 Å². The van der Waals surface area contributed by atoms with Crippen molar-refractivity contribution in [1.29, 1.82) is 0 Å². The largest absolute Gasteiger partial charge is 0.328 e. The van der Waals surface area contributed by atoms with Crippen LogP contribution in [0.4, 0.5) is 4.39 Å². The Morgan fingerprint density at radius 3 is 2.68 bits per heavy atom. The lowest BCUT2D eigenvalue weighted by Crippen LogP contribution is -2.15. The Morgan fingerprint density at radius 2 is 1.96 bits per heavy atom. The maximum atomic E-state index is 14.7. The highest BCUT2D eigenvalue weighted by Crippen LogP contribution is 2.40. The molecule has 25 heavy (non-hydrogen) atoms. The number of benzene rings is 1. The lowest BCUT2D eigenvalue weighted by atomic mass is 10.0. The van der Waals surface area contributed by atoms with E-state index < -0.39 is 16.8 Å². The first kappa shape index (κ1) is 14.5. The molecule has 0 spiro atoms. The fourth-order valence-electron chi connectivity index (χ4n) is 3.30. The summed E-state index contributed by atoms with van der Waals surface area (Å²) in [5.74, 6) is -0.482. The van der Waals surface area contributed by atoms with Gasteiger partial charge in [0.2, 0.25) is 5.43 Å². The molecule has 0 unspecified atom stereocenters. The molecule has 1 fully saturated rings. The van der Waals surface area contributed by atoms with Crippen molar-refractivity contribution >= 4 is 32.7 Å². The third-order valence-electron chi connectivity index (χ3n) is 4.62. The monoisotopic (exact) mass is 353 g/mol. The molecule has 5 nitrogen and oxygen atoms in total. The number of aromatic amines is 1. The van der Waals surface area contributed by atoms with E-state index in [1.807, 2.05) is 4.57 Å². The van der Waals surface area contributed by atoms with E-state index >= 15 is 0 Å². The Hall–Kier alpha value is -2.80. The molecule has 1 aliphatic carbocycles. The topological polar surface area (TPSA) is 67.8 Å². The Balaban J connectivity index is 1.96. The minimum atomic E-state index is -0.482. The van der Waals surface area contributed by atoms with E-state index in [0.717, 1.165) is 12.8 Å². The van der Waals surface area contributed by atoms with Crippen LogP contribution in [0.25, 0.3) is 32.2 Å².